The summed E-state index contributed by atoms with van der Waals surface area (Å²) in [5, 5.41) is 0. The van der Waals surface area contributed by atoms with Gasteiger partial charge in [-0.05, 0) is 49.4 Å². The fourth-order valence-corrected chi connectivity index (χ4v) is 9.05. The summed E-state index contributed by atoms with van der Waals surface area (Å²) >= 11 is 0. The molecule has 0 unspecified atom stereocenters. The van der Waals surface area contributed by atoms with Gasteiger partial charge in [0.25, 0.3) is 0 Å². The van der Waals surface area contributed by atoms with E-state index in [1.165, 1.54) is 12.8 Å². The molecule has 0 aromatic heterocycles. The highest BCUT2D eigenvalue weighted by molar-refractivity contribution is 6.09. The van der Waals surface area contributed by atoms with Crippen LogP contribution in [-0.2, 0) is 19.2 Å². The highest BCUT2D eigenvalue weighted by atomic mass is 16.2. The van der Waals surface area contributed by atoms with Crippen LogP contribution in [-0.4, -0.2) is 45.5 Å². The Morgan fingerprint density at radius 2 is 0.844 bits per heavy atom. The third-order valence-corrected chi connectivity index (χ3v) is 10.3. The largest absolute Gasteiger partial charge is 0.279 e. The lowest BCUT2D eigenvalue weighted by Gasteiger charge is -2.60. The summed E-state index contributed by atoms with van der Waals surface area (Å²) in [4.78, 5) is 57.4. The highest BCUT2D eigenvalue weighted by Gasteiger charge is 2.75. The van der Waals surface area contributed by atoms with Crippen LogP contribution in [0.15, 0.2) is 12.2 Å². The summed E-state index contributed by atoms with van der Waals surface area (Å²) in [6, 6.07) is 0.113. The first-order valence-corrected chi connectivity index (χ1v) is 13.0. The van der Waals surface area contributed by atoms with Gasteiger partial charge >= 0.3 is 0 Å². The van der Waals surface area contributed by atoms with Gasteiger partial charge in [0.05, 0.1) is 23.7 Å². The van der Waals surface area contributed by atoms with Gasteiger partial charge in [-0.15, -0.1) is 0 Å². The van der Waals surface area contributed by atoms with E-state index in [4.69, 9.17) is 0 Å². The van der Waals surface area contributed by atoms with E-state index in [0.717, 1.165) is 51.4 Å². The zero-order chi connectivity index (χ0) is 21.7. The molecule has 6 fully saturated rings. The predicted molar refractivity (Wildman–Crippen MR) is 115 cm³/mol. The van der Waals surface area contributed by atoms with E-state index in [0.29, 0.717) is 0 Å². The Bertz CT molecular complexity index is 874. The highest BCUT2D eigenvalue weighted by Crippen LogP contribution is 2.68. The second-order valence-corrected chi connectivity index (χ2v) is 11.5. The van der Waals surface area contributed by atoms with Crippen molar-refractivity contribution >= 4 is 23.6 Å². The number of hydrogen-bond acceptors (Lipinski definition) is 4. The number of carbonyl (C=O) groups is 4. The average Bonchev–Trinajstić information content (AvgIpc) is 3.19. The molecule has 6 aliphatic carbocycles. The van der Waals surface area contributed by atoms with Gasteiger partial charge in [-0.25, -0.2) is 0 Å². The van der Waals surface area contributed by atoms with Gasteiger partial charge in [0.2, 0.25) is 23.6 Å². The van der Waals surface area contributed by atoms with Gasteiger partial charge in [0.1, 0.15) is 0 Å². The molecule has 4 amide bonds. The van der Waals surface area contributed by atoms with E-state index >= 15 is 0 Å². The van der Waals surface area contributed by atoms with Crippen molar-refractivity contribution in [2.24, 2.45) is 47.3 Å². The first kappa shape index (κ1) is 19.5. The summed E-state index contributed by atoms with van der Waals surface area (Å²) < 4.78 is 0. The van der Waals surface area contributed by atoms with E-state index < -0.39 is 0 Å². The molecule has 2 heterocycles. The van der Waals surface area contributed by atoms with Gasteiger partial charge < -0.3 is 0 Å². The van der Waals surface area contributed by atoms with Gasteiger partial charge in [-0.2, -0.15) is 0 Å². The van der Waals surface area contributed by atoms with Crippen molar-refractivity contribution in [1.82, 2.24) is 9.80 Å². The number of amides is 4. The Kier molecular flexibility index (Phi) is 4.12. The van der Waals surface area contributed by atoms with Gasteiger partial charge in [0.15, 0.2) is 0 Å². The van der Waals surface area contributed by atoms with E-state index in [1.807, 2.05) is 0 Å². The lowest BCUT2D eigenvalue weighted by Crippen LogP contribution is -2.63. The molecule has 2 aliphatic heterocycles. The molecule has 0 aromatic rings. The van der Waals surface area contributed by atoms with Crippen LogP contribution in [0.2, 0.25) is 0 Å². The Hall–Kier alpha value is -1.98. The van der Waals surface area contributed by atoms with Crippen LogP contribution in [0.4, 0.5) is 0 Å². The molecule has 0 spiro atoms. The topological polar surface area (TPSA) is 74.8 Å². The van der Waals surface area contributed by atoms with Crippen molar-refractivity contribution in [2.45, 2.75) is 76.3 Å². The fourth-order valence-electron chi connectivity index (χ4n) is 9.05. The number of imide groups is 2. The van der Waals surface area contributed by atoms with E-state index in [2.05, 4.69) is 12.2 Å². The van der Waals surface area contributed by atoms with Crippen LogP contribution >= 0.6 is 0 Å². The van der Waals surface area contributed by atoms with Crippen LogP contribution in [0.1, 0.15) is 64.2 Å². The van der Waals surface area contributed by atoms with Gasteiger partial charge in [-0.1, -0.05) is 50.7 Å². The monoisotopic (exact) mass is 436 g/mol. The van der Waals surface area contributed by atoms with Crippen molar-refractivity contribution in [3.05, 3.63) is 12.2 Å². The Morgan fingerprint density at radius 3 is 1.22 bits per heavy atom. The second-order valence-electron chi connectivity index (χ2n) is 11.5. The van der Waals surface area contributed by atoms with E-state index in [9.17, 15) is 19.2 Å². The molecule has 8 atom stereocenters. The summed E-state index contributed by atoms with van der Waals surface area (Å²) in [6.07, 6.45) is 14.6. The van der Waals surface area contributed by atoms with Crippen molar-refractivity contribution in [1.29, 1.82) is 0 Å². The molecule has 2 bridgehead atoms. The van der Waals surface area contributed by atoms with E-state index in [-0.39, 0.29) is 83.1 Å². The molecule has 6 heteroatoms. The summed E-state index contributed by atoms with van der Waals surface area (Å²) in [5.74, 6) is -1.11. The summed E-state index contributed by atoms with van der Waals surface area (Å²) in [7, 11) is 0. The van der Waals surface area contributed by atoms with Crippen molar-refractivity contribution in [3.8, 4) is 0 Å². The molecule has 2 saturated heterocycles. The minimum Gasteiger partial charge on any atom is -0.279 e. The second kappa shape index (κ2) is 6.77. The standard InChI is InChI=1S/C26H32N2O4/c29-23-19-15-11-12-16(20(19)24(30)27(23)13-7-3-1-4-8-13)18-17(15)21-22(18)26(32)28(25(21)31)14-9-5-2-6-10-14/h11-22H,1-10H2/t15-,16-,17-,18-,19-,20+,21+,22-/m0/s1. The zero-order valence-electron chi connectivity index (χ0n) is 18.5. The van der Waals surface area contributed by atoms with Crippen molar-refractivity contribution in [3.63, 3.8) is 0 Å². The first-order valence-electron chi connectivity index (χ1n) is 13.0. The lowest BCUT2D eigenvalue weighted by molar-refractivity contribution is -0.166. The number of hydrogen-bond donors (Lipinski definition) is 0. The van der Waals surface area contributed by atoms with Crippen molar-refractivity contribution in [2.75, 3.05) is 0 Å². The number of nitrogens with zero attached hydrogens (tertiary/aromatic N) is 2. The van der Waals surface area contributed by atoms with Crippen LogP contribution in [0.5, 0.6) is 0 Å². The van der Waals surface area contributed by atoms with Crippen LogP contribution in [0.3, 0.4) is 0 Å². The minimum absolute atomic E-state index is 0.00839. The molecule has 0 radical (unpaired) electrons. The Morgan fingerprint density at radius 1 is 0.500 bits per heavy atom. The lowest BCUT2D eigenvalue weighted by atomic mass is 9.40. The maximum atomic E-state index is 13.6. The summed E-state index contributed by atoms with van der Waals surface area (Å²) in [6.45, 7) is 0. The van der Waals surface area contributed by atoms with Crippen LogP contribution < -0.4 is 0 Å². The number of carbonyl (C=O) groups excluding carboxylic acids is 4. The zero-order valence-corrected chi connectivity index (χ0v) is 18.5. The molecule has 0 aromatic carbocycles. The molecule has 0 N–H and O–H groups in total. The van der Waals surface area contributed by atoms with Crippen LogP contribution in [0.25, 0.3) is 0 Å². The van der Waals surface area contributed by atoms with Crippen molar-refractivity contribution < 1.29 is 19.2 Å². The van der Waals surface area contributed by atoms with E-state index in [1.54, 1.807) is 9.80 Å². The number of fused-ring (bicyclic) bond motifs is 1. The smallest absolute Gasteiger partial charge is 0.233 e. The number of allylic oxidation sites excluding steroid dienone is 2. The minimum atomic E-state index is -0.312. The molecular formula is C26H32N2O4. The molecule has 32 heavy (non-hydrogen) atoms. The third kappa shape index (κ3) is 2.27. The Balaban J connectivity index is 1.20. The maximum absolute atomic E-state index is 13.6. The van der Waals surface area contributed by atoms with Gasteiger partial charge in [-0.3, -0.25) is 29.0 Å². The van der Waals surface area contributed by atoms with Gasteiger partial charge in [0, 0.05) is 12.1 Å². The SMILES string of the molecule is O=C1[C@@H]2[C@H]3C=C[C@H]([C@@H]2C(=O)N1C1CCCCC1)[C@@H]1[C@H]2C(=O)N(C4CCCCC4)C(=O)[C@H]2[C@@H]31. The molecule has 6 nitrogen and oxygen atoms in total. The van der Waals surface area contributed by atoms with Crippen LogP contribution in [0, 0.1) is 47.3 Å². The number of rotatable bonds is 2. The molecule has 8 rings (SSSR count). The Labute approximate surface area is 188 Å². The third-order valence-electron chi connectivity index (χ3n) is 10.3. The number of likely N-dealkylation sites (tertiary alicyclic amines) is 2. The molecule has 8 aliphatic rings. The predicted octanol–water partition coefficient (Wildman–Crippen LogP) is 2.92. The normalized spacial score (nSPS) is 45.9. The average molecular weight is 437 g/mol. The maximum Gasteiger partial charge on any atom is 0.233 e. The molecule has 4 saturated carbocycles. The first-order chi connectivity index (χ1) is 15.6. The fraction of sp³-hybridized carbons (Fsp3) is 0.769. The summed E-state index contributed by atoms with van der Waals surface area (Å²) in [5.41, 5.74) is 0. The molecule has 170 valence electrons. The molecular weight excluding hydrogens is 404 g/mol. The quantitative estimate of drug-likeness (QED) is 0.493.